The van der Waals surface area contributed by atoms with Gasteiger partial charge in [0.25, 0.3) is 0 Å². The molecule has 20 heavy (non-hydrogen) atoms. The van der Waals surface area contributed by atoms with Crippen molar-refractivity contribution in [2.45, 2.75) is 52.2 Å². The van der Waals surface area contributed by atoms with Gasteiger partial charge in [-0.1, -0.05) is 19.1 Å². The summed E-state index contributed by atoms with van der Waals surface area (Å²) in [5, 5.41) is 2.94. The number of nitrogens with one attached hydrogen (secondary N) is 1. The zero-order valence-electron chi connectivity index (χ0n) is 12.7. The Hall–Kier alpha value is -1.71. The number of fused-ring (bicyclic) bond motifs is 1. The van der Waals surface area contributed by atoms with Crippen molar-refractivity contribution in [2.24, 2.45) is 0 Å². The van der Waals surface area contributed by atoms with E-state index in [0.717, 1.165) is 24.2 Å². The molecule has 0 spiro atoms. The predicted molar refractivity (Wildman–Crippen MR) is 78.0 cm³/mol. The fourth-order valence-corrected chi connectivity index (χ4v) is 2.26. The summed E-state index contributed by atoms with van der Waals surface area (Å²) in [6.07, 6.45) is 1.35. The number of benzene rings is 1. The van der Waals surface area contributed by atoms with Gasteiger partial charge in [-0.25, -0.2) is 4.79 Å². The minimum Gasteiger partial charge on any atom is -0.493 e. The highest BCUT2D eigenvalue weighted by atomic mass is 16.6. The van der Waals surface area contributed by atoms with Crippen LogP contribution in [-0.2, 0) is 11.2 Å². The standard InChI is InChI=1S/C16H23NO3/c1-5-11-6-7-14-12(10-11)13(8-9-19-14)17-15(18)20-16(2,3)4/h6-7,10,13H,5,8-9H2,1-4H3,(H,17,18). The molecule has 1 unspecified atom stereocenters. The molecule has 1 aromatic carbocycles. The number of rotatable bonds is 2. The molecule has 0 aliphatic carbocycles. The van der Waals surface area contributed by atoms with E-state index in [-0.39, 0.29) is 12.1 Å². The van der Waals surface area contributed by atoms with Crippen molar-refractivity contribution < 1.29 is 14.3 Å². The topological polar surface area (TPSA) is 47.6 Å². The molecule has 4 heteroatoms. The number of ether oxygens (including phenoxy) is 2. The molecular weight excluding hydrogens is 254 g/mol. The monoisotopic (exact) mass is 277 g/mol. The van der Waals surface area contributed by atoms with Gasteiger partial charge in [0.15, 0.2) is 0 Å². The number of hydrogen-bond donors (Lipinski definition) is 1. The van der Waals surface area contributed by atoms with Crippen molar-refractivity contribution in [2.75, 3.05) is 6.61 Å². The molecule has 0 saturated carbocycles. The van der Waals surface area contributed by atoms with Crippen LogP contribution in [0.2, 0.25) is 0 Å². The van der Waals surface area contributed by atoms with Gasteiger partial charge in [-0.3, -0.25) is 0 Å². The number of alkyl carbamates (subject to hydrolysis) is 1. The van der Waals surface area contributed by atoms with Crippen molar-refractivity contribution in [1.29, 1.82) is 0 Å². The second-order valence-electron chi connectivity index (χ2n) is 6.06. The van der Waals surface area contributed by atoms with Crippen molar-refractivity contribution in [3.63, 3.8) is 0 Å². The first-order valence-corrected chi connectivity index (χ1v) is 7.14. The molecule has 1 aromatic rings. The largest absolute Gasteiger partial charge is 0.493 e. The molecule has 1 heterocycles. The van der Waals surface area contributed by atoms with Crippen LogP contribution in [0.25, 0.3) is 0 Å². The first-order chi connectivity index (χ1) is 9.39. The Morgan fingerprint density at radius 2 is 2.20 bits per heavy atom. The Morgan fingerprint density at radius 1 is 1.45 bits per heavy atom. The predicted octanol–water partition coefficient (Wildman–Crippen LogP) is 3.60. The van der Waals surface area contributed by atoms with E-state index in [9.17, 15) is 4.79 Å². The second-order valence-corrected chi connectivity index (χ2v) is 6.06. The van der Waals surface area contributed by atoms with Gasteiger partial charge in [-0.15, -0.1) is 0 Å². The molecule has 0 aromatic heterocycles. The molecule has 110 valence electrons. The summed E-state index contributed by atoms with van der Waals surface area (Å²) in [5.41, 5.74) is 1.80. The summed E-state index contributed by atoms with van der Waals surface area (Å²) in [7, 11) is 0. The Labute approximate surface area is 120 Å². The SMILES string of the molecule is CCc1ccc2c(c1)C(NC(=O)OC(C)(C)C)CCO2. The van der Waals surface area contributed by atoms with Crippen LogP contribution in [0.4, 0.5) is 4.79 Å². The first kappa shape index (κ1) is 14.7. The van der Waals surface area contributed by atoms with Gasteiger partial charge >= 0.3 is 6.09 Å². The van der Waals surface area contributed by atoms with Crippen LogP contribution in [0.15, 0.2) is 18.2 Å². The van der Waals surface area contributed by atoms with Crippen LogP contribution in [0.1, 0.15) is 51.3 Å². The van der Waals surface area contributed by atoms with Crippen LogP contribution in [-0.4, -0.2) is 18.3 Å². The zero-order valence-corrected chi connectivity index (χ0v) is 12.7. The quantitative estimate of drug-likeness (QED) is 0.898. The molecule has 0 radical (unpaired) electrons. The molecule has 0 fully saturated rings. The molecule has 4 nitrogen and oxygen atoms in total. The third kappa shape index (κ3) is 3.65. The Balaban J connectivity index is 2.13. The number of carbonyl (C=O) groups is 1. The van der Waals surface area contributed by atoms with Crippen LogP contribution in [0.3, 0.4) is 0 Å². The van der Waals surface area contributed by atoms with Crippen molar-refractivity contribution in [3.05, 3.63) is 29.3 Å². The molecule has 1 N–H and O–H groups in total. The molecule has 0 bridgehead atoms. The van der Waals surface area contributed by atoms with Gasteiger partial charge in [-0.2, -0.15) is 0 Å². The number of carbonyl (C=O) groups excluding carboxylic acids is 1. The number of aryl methyl sites for hydroxylation is 1. The summed E-state index contributed by atoms with van der Waals surface area (Å²) in [4.78, 5) is 11.9. The summed E-state index contributed by atoms with van der Waals surface area (Å²) in [5.74, 6) is 0.856. The normalized spacial score (nSPS) is 17.9. The third-order valence-corrected chi connectivity index (χ3v) is 3.21. The lowest BCUT2D eigenvalue weighted by molar-refractivity contribution is 0.0491. The lowest BCUT2D eigenvalue weighted by Gasteiger charge is -2.28. The molecular formula is C16H23NO3. The highest BCUT2D eigenvalue weighted by Crippen LogP contribution is 2.33. The fraction of sp³-hybridized carbons (Fsp3) is 0.562. The lowest BCUT2D eigenvalue weighted by Crippen LogP contribution is -2.36. The van der Waals surface area contributed by atoms with E-state index in [0.29, 0.717) is 6.61 Å². The summed E-state index contributed by atoms with van der Waals surface area (Å²) in [6.45, 7) is 8.31. The summed E-state index contributed by atoms with van der Waals surface area (Å²) < 4.78 is 11.0. The van der Waals surface area contributed by atoms with E-state index in [1.165, 1.54) is 5.56 Å². The highest BCUT2D eigenvalue weighted by molar-refractivity contribution is 5.68. The van der Waals surface area contributed by atoms with Crippen LogP contribution >= 0.6 is 0 Å². The molecule has 2 rings (SSSR count). The Kier molecular flexibility index (Phi) is 4.21. The maximum Gasteiger partial charge on any atom is 0.408 e. The van der Waals surface area contributed by atoms with E-state index >= 15 is 0 Å². The maximum atomic E-state index is 11.9. The van der Waals surface area contributed by atoms with E-state index < -0.39 is 5.60 Å². The first-order valence-electron chi connectivity index (χ1n) is 7.14. The number of amides is 1. The van der Waals surface area contributed by atoms with Crippen LogP contribution in [0.5, 0.6) is 5.75 Å². The van der Waals surface area contributed by atoms with Crippen LogP contribution < -0.4 is 10.1 Å². The van der Waals surface area contributed by atoms with Gasteiger partial charge in [0.2, 0.25) is 0 Å². The fourth-order valence-electron chi connectivity index (χ4n) is 2.26. The Morgan fingerprint density at radius 3 is 2.85 bits per heavy atom. The van der Waals surface area contributed by atoms with Crippen molar-refractivity contribution >= 4 is 6.09 Å². The van der Waals surface area contributed by atoms with Crippen molar-refractivity contribution in [3.8, 4) is 5.75 Å². The summed E-state index contributed by atoms with van der Waals surface area (Å²) >= 11 is 0. The Bertz CT molecular complexity index is 491. The molecule has 0 saturated heterocycles. The third-order valence-electron chi connectivity index (χ3n) is 3.21. The molecule has 1 atom stereocenters. The van der Waals surface area contributed by atoms with E-state index in [2.05, 4.69) is 24.4 Å². The van der Waals surface area contributed by atoms with Crippen LogP contribution in [0, 0.1) is 0 Å². The minimum atomic E-state index is -0.483. The van der Waals surface area contributed by atoms with Gasteiger partial charge in [-0.05, 0) is 38.8 Å². The van der Waals surface area contributed by atoms with Gasteiger partial charge in [0.05, 0.1) is 12.6 Å². The van der Waals surface area contributed by atoms with Gasteiger partial charge in [0, 0.05) is 12.0 Å². The second kappa shape index (κ2) is 5.73. The smallest absolute Gasteiger partial charge is 0.408 e. The maximum absolute atomic E-state index is 11.9. The minimum absolute atomic E-state index is 0.0416. The molecule has 1 amide bonds. The van der Waals surface area contributed by atoms with E-state index in [1.54, 1.807) is 0 Å². The van der Waals surface area contributed by atoms with E-state index in [1.807, 2.05) is 26.8 Å². The lowest BCUT2D eigenvalue weighted by atomic mass is 9.97. The summed E-state index contributed by atoms with van der Waals surface area (Å²) in [6, 6.07) is 6.11. The highest BCUT2D eigenvalue weighted by Gasteiger charge is 2.25. The average Bonchev–Trinajstić information content (AvgIpc) is 2.36. The van der Waals surface area contributed by atoms with Crippen molar-refractivity contribution in [1.82, 2.24) is 5.32 Å². The molecule has 1 aliphatic heterocycles. The van der Waals surface area contributed by atoms with Gasteiger partial charge < -0.3 is 14.8 Å². The number of hydrogen-bond acceptors (Lipinski definition) is 3. The van der Waals surface area contributed by atoms with Gasteiger partial charge in [0.1, 0.15) is 11.4 Å². The van der Waals surface area contributed by atoms with E-state index in [4.69, 9.17) is 9.47 Å². The average molecular weight is 277 g/mol. The zero-order chi connectivity index (χ0) is 14.8. The molecule has 1 aliphatic rings.